The minimum absolute atomic E-state index is 0. The number of aryl methyl sites for hydroxylation is 1. The van der Waals surface area contributed by atoms with Gasteiger partial charge in [0.1, 0.15) is 17.0 Å². The van der Waals surface area contributed by atoms with Gasteiger partial charge in [0.05, 0.1) is 20.8 Å². The van der Waals surface area contributed by atoms with E-state index in [9.17, 15) is 13.6 Å². The number of anilines is 1. The van der Waals surface area contributed by atoms with Gasteiger partial charge in [0.25, 0.3) is 14.8 Å². The van der Waals surface area contributed by atoms with Gasteiger partial charge in [0.15, 0.2) is 0 Å². The zero-order valence-corrected chi connectivity index (χ0v) is 27.1. The molecule has 9 nitrogen and oxygen atoms in total. The summed E-state index contributed by atoms with van der Waals surface area (Å²) in [4.78, 5) is 2.96. The number of thioether (sulfide) groups is 1. The molecule has 0 N–H and O–H groups in total. The molecule has 0 bridgehead atoms. The third-order valence-electron chi connectivity index (χ3n) is 6.52. The first-order valence-corrected chi connectivity index (χ1v) is 16.0. The molecule has 1 aliphatic heterocycles. The number of benzene rings is 3. The van der Waals surface area contributed by atoms with Crippen molar-refractivity contribution in [2.75, 3.05) is 11.4 Å². The van der Waals surface area contributed by atoms with Crippen LogP contribution in [0, 0.1) is 5.21 Å². The van der Waals surface area contributed by atoms with Crippen molar-refractivity contribution in [2.24, 2.45) is 0 Å². The van der Waals surface area contributed by atoms with Crippen LogP contribution in [0.15, 0.2) is 109 Å². The number of aromatic nitrogens is 3. The Hall–Kier alpha value is -3.40. The van der Waals surface area contributed by atoms with E-state index in [0.717, 1.165) is 22.2 Å². The molecule has 0 atom stereocenters. The molecule has 0 fully saturated rings. The zero-order valence-electron chi connectivity index (χ0n) is 22.5. The number of rotatable bonds is 8. The second-order valence-electron chi connectivity index (χ2n) is 8.95. The molecule has 0 saturated heterocycles. The summed E-state index contributed by atoms with van der Waals surface area (Å²) in [6.45, 7) is 5.79. The molecule has 0 aliphatic carbocycles. The van der Waals surface area contributed by atoms with Crippen molar-refractivity contribution in [3.8, 4) is 11.6 Å². The summed E-state index contributed by atoms with van der Waals surface area (Å²) in [5.41, 5.74) is 2.14. The first kappa shape index (κ1) is 30.1. The first-order chi connectivity index (χ1) is 19.9. The molecular weight excluding hydrogens is 707 g/mol. The summed E-state index contributed by atoms with van der Waals surface area (Å²) in [6, 6.07) is 21.4. The van der Waals surface area contributed by atoms with E-state index in [1.807, 2.05) is 6.07 Å². The number of hydrogen-bond acceptors (Lipinski definition) is 9. The van der Waals surface area contributed by atoms with Gasteiger partial charge in [-0.15, -0.1) is 0 Å². The molecule has 0 spiro atoms. The Morgan fingerprint density at radius 2 is 1.83 bits per heavy atom. The summed E-state index contributed by atoms with van der Waals surface area (Å²) < 4.78 is 40.2. The van der Waals surface area contributed by atoms with Crippen LogP contribution >= 0.6 is 23.1 Å². The fraction of sp³-hybridized carbons (Fsp3) is 0.138. The van der Waals surface area contributed by atoms with Crippen LogP contribution in [-0.4, -0.2) is 20.1 Å². The number of ether oxygens (including phenoxy) is 1. The van der Waals surface area contributed by atoms with E-state index in [0.29, 0.717) is 12.3 Å². The Morgan fingerprint density at radius 3 is 2.60 bits per heavy atom. The van der Waals surface area contributed by atoms with Crippen molar-refractivity contribution in [2.45, 2.75) is 35.2 Å². The summed E-state index contributed by atoms with van der Waals surface area (Å²) in [6.07, 6.45) is 6.28. The number of hydrogen-bond donors (Lipinski definition) is 0. The lowest BCUT2D eigenvalue weighted by atomic mass is 10.2. The smallest absolute Gasteiger partial charge is 0.420 e. The average molecular weight is 733 g/mol. The summed E-state index contributed by atoms with van der Waals surface area (Å²) in [5.74, 6) is -0.101. The molecule has 42 heavy (non-hydrogen) atoms. The highest BCUT2D eigenvalue weighted by molar-refractivity contribution is 8.03. The van der Waals surface area contributed by atoms with Gasteiger partial charge in [-0.25, -0.2) is 8.42 Å². The van der Waals surface area contributed by atoms with Crippen molar-refractivity contribution >= 4 is 54.9 Å². The van der Waals surface area contributed by atoms with Crippen molar-refractivity contribution in [3.05, 3.63) is 100 Å². The minimum atomic E-state index is -4.22. The predicted octanol–water partition coefficient (Wildman–Crippen LogP) is 2.95. The van der Waals surface area contributed by atoms with Gasteiger partial charge in [-0.05, 0) is 55.2 Å². The Balaban J connectivity index is 0.00000353. The third-order valence-corrected chi connectivity index (χ3v) is 10.5. The van der Waals surface area contributed by atoms with Gasteiger partial charge in [0.2, 0.25) is 5.52 Å². The fourth-order valence-electron chi connectivity index (χ4n) is 4.64. The molecule has 0 radical (unpaired) electrons. The molecule has 0 amide bonds. The van der Waals surface area contributed by atoms with Crippen molar-refractivity contribution in [3.63, 3.8) is 0 Å². The quantitative estimate of drug-likeness (QED) is 0.137. The van der Waals surface area contributed by atoms with Crippen molar-refractivity contribution in [1.29, 1.82) is 0 Å². The summed E-state index contributed by atoms with van der Waals surface area (Å²) in [5, 5.41) is 17.4. The largest absolute Gasteiger partial charge is 1.00 e. The van der Waals surface area contributed by atoms with Crippen LogP contribution < -0.4 is 43.1 Å². The van der Waals surface area contributed by atoms with E-state index in [1.54, 1.807) is 53.4 Å². The van der Waals surface area contributed by atoms with E-state index in [4.69, 9.17) is 4.74 Å². The molecule has 3 aromatic carbocycles. The van der Waals surface area contributed by atoms with Crippen LogP contribution in [0.3, 0.4) is 0 Å². The Morgan fingerprint density at radius 1 is 1.07 bits per heavy atom. The molecule has 3 heterocycles. The maximum atomic E-state index is 13.1. The molecule has 216 valence electrons. The van der Waals surface area contributed by atoms with Crippen molar-refractivity contribution < 1.29 is 51.2 Å². The number of sulfone groups is 1. The third kappa shape index (κ3) is 5.53. The van der Waals surface area contributed by atoms with E-state index < -0.39 is 20.7 Å². The summed E-state index contributed by atoms with van der Waals surface area (Å²) >= 11 is 3.40. The van der Waals surface area contributed by atoms with E-state index in [2.05, 4.69) is 75.6 Å². The second-order valence-corrected chi connectivity index (χ2v) is 12.9. The monoisotopic (exact) mass is 732 g/mol. The van der Waals surface area contributed by atoms with Gasteiger partial charge in [0, 0.05) is 29.6 Å². The van der Waals surface area contributed by atoms with E-state index in [1.165, 1.54) is 27.4 Å². The van der Waals surface area contributed by atoms with Crippen LogP contribution in [0.5, 0.6) is 11.6 Å². The van der Waals surface area contributed by atoms with Gasteiger partial charge in [-0.3, -0.25) is 4.63 Å². The SMILES string of the molecule is CCN1/C(=C/C=C/c2sc3ccccc3[n+]2CC)Sc2ccc(Oc3no[n+]([O-])c3S(=O)(=O)c3ccccc3)cc21.[I-]. The van der Waals surface area contributed by atoms with Crippen LogP contribution in [-0.2, 0) is 16.4 Å². The summed E-state index contributed by atoms with van der Waals surface area (Å²) in [7, 11) is -4.22. The highest BCUT2D eigenvalue weighted by Gasteiger charge is 2.36. The Kier molecular flexibility index (Phi) is 8.92. The van der Waals surface area contributed by atoms with Crippen molar-refractivity contribution in [1.82, 2.24) is 5.16 Å². The molecule has 1 aliphatic rings. The van der Waals surface area contributed by atoms with Gasteiger partial charge >= 0.3 is 10.9 Å². The topological polar surface area (TPSA) is 103 Å². The highest BCUT2D eigenvalue weighted by atomic mass is 127. The van der Waals surface area contributed by atoms with E-state index in [-0.39, 0.29) is 33.8 Å². The van der Waals surface area contributed by atoms with Crippen LogP contribution in [0.4, 0.5) is 5.69 Å². The molecule has 6 rings (SSSR count). The highest BCUT2D eigenvalue weighted by Crippen LogP contribution is 2.47. The molecule has 0 unspecified atom stereocenters. The van der Waals surface area contributed by atoms with Gasteiger partial charge in [-0.1, -0.05) is 59.5 Å². The standard InChI is InChI=1S/C29H25N4O5S3.HI/c1-3-31-22-13-8-9-14-24(22)39-26(31)15-10-16-27-32(4-2)23-19-20(17-18-25(23)40-27)37-28-29(33(34)38-30-28)41(35,36)21-11-6-5-7-12-21;/h5-19H,3-4H2,1-2H3;1H/q+1;/p-1. The number of allylic oxidation sites excluding steroid dienone is 2. The lowest BCUT2D eigenvalue weighted by Crippen LogP contribution is -3.00. The fourth-order valence-corrected chi connectivity index (χ4v) is 8.17. The average Bonchev–Trinajstić information content (AvgIpc) is 3.65. The van der Waals surface area contributed by atoms with Gasteiger partial charge < -0.3 is 38.8 Å². The van der Waals surface area contributed by atoms with Crippen LogP contribution in [0.25, 0.3) is 16.3 Å². The lowest BCUT2D eigenvalue weighted by molar-refractivity contribution is -0.832. The molecule has 13 heteroatoms. The number of para-hydroxylation sites is 1. The number of fused-ring (bicyclic) bond motifs is 2. The molecule has 5 aromatic rings. The van der Waals surface area contributed by atoms with Gasteiger partial charge in [-0.2, -0.15) is 4.57 Å². The predicted molar refractivity (Wildman–Crippen MR) is 158 cm³/mol. The van der Waals surface area contributed by atoms with Crippen LogP contribution in [0.2, 0.25) is 0 Å². The Labute approximate surface area is 268 Å². The van der Waals surface area contributed by atoms with E-state index >= 15 is 0 Å². The second kappa shape index (κ2) is 12.5. The minimum Gasteiger partial charge on any atom is -1.00 e. The molecular formula is C29H25IN4O5S3. The molecule has 0 saturated carbocycles. The number of thiazole rings is 1. The zero-order chi connectivity index (χ0) is 28.6. The maximum Gasteiger partial charge on any atom is 0.420 e. The lowest BCUT2D eigenvalue weighted by Gasteiger charge is -2.18. The Bertz CT molecular complexity index is 1920. The number of nitrogens with zero attached hydrogens (tertiary/aromatic N) is 4. The normalized spacial score (nSPS) is 14.0. The number of halogens is 1. The first-order valence-electron chi connectivity index (χ1n) is 12.9. The van der Waals surface area contributed by atoms with Crippen LogP contribution in [0.1, 0.15) is 18.9 Å². The molecule has 2 aromatic heterocycles. The maximum absolute atomic E-state index is 13.1.